The number of methoxy groups -OCH3 is 1. The monoisotopic (exact) mass is 368 g/mol. The molecule has 0 spiro atoms. The first kappa shape index (κ1) is 20.4. The Morgan fingerprint density at radius 3 is 2.33 bits per heavy atom. The molecule has 5 nitrogen and oxygen atoms in total. The molecule has 0 unspecified atom stereocenters. The van der Waals surface area contributed by atoms with Crippen molar-refractivity contribution in [2.24, 2.45) is 0 Å². The van der Waals surface area contributed by atoms with Crippen molar-refractivity contribution in [2.75, 3.05) is 20.5 Å². The lowest BCUT2D eigenvalue weighted by atomic mass is 10.0. The third-order valence-electron chi connectivity index (χ3n) is 3.86. The Hall–Kier alpha value is -2.92. The van der Waals surface area contributed by atoms with Crippen LogP contribution >= 0.6 is 0 Å². The van der Waals surface area contributed by atoms with E-state index in [9.17, 15) is 9.59 Å². The zero-order chi connectivity index (χ0) is 19.6. The smallest absolute Gasteiger partial charge is 0.313 e. The van der Waals surface area contributed by atoms with Crippen LogP contribution in [-0.2, 0) is 14.3 Å². The highest BCUT2D eigenvalue weighted by Gasteiger charge is 2.12. The fourth-order valence-corrected chi connectivity index (χ4v) is 2.42. The molecule has 2 aromatic carbocycles. The first-order valence-electron chi connectivity index (χ1n) is 8.73. The van der Waals surface area contributed by atoms with Crippen LogP contribution in [0.2, 0.25) is 0 Å². The summed E-state index contributed by atoms with van der Waals surface area (Å²) in [6, 6.07) is 13.0. The maximum atomic E-state index is 12.0. The molecule has 0 aliphatic carbocycles. The van der Waals surface area contributed by atoms with Crippen molar-refractivity contribution in [3.05, 3.63) is 64.7 Å². The van der Waals surface area contributed by atoms with Gasteiger partial charge in [-0.3, -0.25) is 9.59 Å². The van der Waals surface area contributed by atoms with E-state index in [0.717, 1.165) is 22.4 Å². The number of ketones is 1. The van der Waals surface area contributed by atoms with E-state index < -0.39 is 5.97 Å². The normalized spacial score (nSPS) is 10.8. The summed E-state index contributed by atoms with van der Waals surface area (Å²) in [7, 11) is 1.58. The summed E-state index contributed by atoms with van der Waals surface area (Å²) >= 11 is 0. The van der Waals surface area contributed by atoms with Gasteiger partial charge in [0.25, 0.3) is 0 Å². The number of aryl methyl sites for hydroxylation is 1. The van der Waals surface area contributed by atoms with Gasteiger partial charge in [-0.2, -0.15) is 0 Å². The molecule has 142 valence electrons. The molecule has 0 N–H and O–H groups in total. The highest BCUT2D eigenvalue weighted by atomic mass is 16.7. The SMILES string of the molecule is CCOC(=O)CC(=O)c1ccc(/C=C/c2ccc(C)c(OCOC)c2)cc1. The van der Waals surface area contributed by atoms with Crippen LogP contribution in [0.4, 0.5) is 0 Å². The second-order valence-corrected chi connectivity index (χ2v) is 5.94. The number of rotatable bonds is 9. The van der Waals surface area contributed by atoms with Crippen LogP contribution in [0.3, 0.4) is 0 Å². The fourth-order valence-electron chi connectivity index (χ4n) is 2.42. The van der Waals surface area contributed by atoms with E-state index in [1.165, 1.54) is 0 Å². The molecule has 5 heteroatoms. The molecule has 0 heterocycles. The molecule has 2 aromatic rings. The zero-order valence-corrected chi connectivity index (χ0v) is 15.9. The van der Waals surface area contributed by atoms with Gasteiger partial charge >= 0.3 is 5.97 Å². The van der Waals surface area contributed by atoms with E-state index in [2.05, 4.69) is 0 Å². The molecule has 27 heavy (non-hydrogen) atoms. The fraction of sp³-hybridized carbons (Fsp3) is 0.273. The van der Waals surface area contributed by atoms with Gasteiger partial charge in [-0.25, -0.2) is 0 Å². The molecule has 0 saturated carbocycles. The molecule has 0 radical (unpaired) electrons. The number of carbonyl (C=O) groups excluding carboxylic acids is 2. The minimum absolute atomic E-state index is 0.204. The summed E-state index contributed by atoms with van der Waals surface area (Å²) in [5.74, 6) is 0.0266. The summed E-state index contributed by atoms with van der Waals surface area (Å²) < 4.78 is 15.3. The maximum absolute atomic E-state index is 12.0. The van der Waals surface area contributed by atoms with E-state index in [-0.39, 0.29) is 25.6 Å². The third kappa shape index (κ3) is 6.38. The van der Waals surface area contributed by atoms with E-state index in [4.69, 9.17) is 14.2 Å². The Balaban J connectivity index is 2.03. The molecule has 0 aromatic heterocycles. The number of carbonyl (C=O) groups is 2. The van der Waals surface area contributed by atoms with Crippen molar-refractivity contribution in [1.82, 2.24) is 0 Å². The Bertz CT molecular complexity index is 806. The van der Waals surface area contributed by atoms with Crippen LogP contribution in [0.1, 0.15) is 40.4 Å². The van der Waals surface area contributed by atoms with Crippen molar-refractivity contribution < 1.29 is 23.8 Å². The van der Waals surface area contributed by atoms with Crippen LogP contribution in [-0.4, -0.2) is 32.3 Å². The van der Waals surface area contributed by atoms with Gasteiger partial charge in [0.15, 0.2) is 12.6 Å². The quantitative estimate of drug-likeness (QED) is 0.217. The summed E-state index contributed by atoms with van der Waals surface area (Å²) in [5.41, 5.74) is 3.47. The minimum atomic E-state index is -0.502. The lowest BCUT2D eigenvalue weighted by Crippen LogP contribution is -2.11. The summed E-state index contributed by atoms with van der Waals surface area (Å²) in [6.07, 6.45) is 3.68. The summed E-state index contributed by atoms with van der Waals surface area (Å²) in [5, 5.41) is 0. The second-order valence-electron chi connectivity index (χ2n) is 5.94. The van der Waals surface area contributed by atoms with Crippen molar-refractivity contribution >= 4 is 23.9 Å². The predicted molar refractivity (Wildman–Crippen MR) is 105 cm³/mol. The molecule has 0 fully saturated rings. The first-order chi connectivity index (χ1) is 13.0. The van der Waals surface area contributed by atoms with E-state index in [1.54, 1.807) is 26.2 Å². The van der Waals surface area contributed by atoms with Gasteiger partial charge < -0.3 is 14.2 Å². The number of hydrogen-bond acceptors (Lipinski definition) is 5. The van der Waals surface area contributed by atoms with E-state index in [1.807, 2.05) is 49.4 Å². The lowest BCUT2D eigenvalue weighted by molar-refractivity contribution is -0.141. The molecule has 0 aliphatic rings. The Morgan fingerprint density at radius 2 is 1.67 bits per heavy atom. The van der Waals surface area contributed by atoms with Crippen molar-refractivity contribution in [2.45, 2.75) is 20.3 Å². The van der Waals surface area contributed by atoms with Crippen molar-refractivity contribution in [1.29, 1.82) is 0 Å². The standard InChI is InChI=1S/C22H24O5/c1-4-26-22(24)14-20(23)19-11-9-17(10-12-19)7-8-18-6-5-16(2)21(13-18)27-15-25-3/h5-13H,4,14-15H2,1-3H3/b8-7+. The average molecular weight is 368 g/mol. The predicted octanol–water partition coefficient (Wildman–Crippen LogP) is 4.28. The minimum Gasteiger partial charge on any atom is -0.467 e. The van der Waals surface area contributed by atoms with E-state index in [0.29, 0.717) is 5.56 Å². The maximum Gasteiger partial charge on any atom is 0.313 e. The highest BCUT2D eigenvalue weighted by molar-refractivity contribution is 6.06. The van der Waals surface area contributed by atoms with Gasteiger partial charge in [-0.05, 0) is 36.6 Å². The molecule has 0 amide bonds. The molecular weight excluding hydrogens is 344 g/mol. The Labute approximate surface area is 159 Å². The molecule has 0 aliphatic heterocycles. The third-order valence-corrected chi connectivity index (χ3v) is 3.86. The van der Waals surface area contributed by atoms with Crippen molar-refractivity contribution in [3.63, 3.8) is 0 Å². The number of hydrogen-bond donors (Lipinski definition) is 0. The van der Waals surface area contributed by atoms with Gasteiger partial charge in [0.1, 0.15) is 12.2 Å². The number of Topliss-reactive ketones (excluding diaryl/α,β-unsaturated/α-hetero) is 1. The van der Waals surface area contributed by atoms with Crippen LogP contribution in [0.5, 0.6) is 5.75 Å². The zero-order valence-electron chi connectivity index (χ0n) is 15.9. The summed E-state index contributed by atoms with van der Waals surface area (Å²) in [6.45, 7) is 4.16. The Morgan fingerprint density at radius 1 is 1.00 bits per heavy atom. The van der Waals surface area contributed by atoms with Crippen LogP contribution in [0.15, 0.2) is 42.5 Å². The van der Waals surface area contributed by atoms with Gasteiger partial charge in [-0.1, -0.05) is 48.6 Å². The summed E-state index contributed by atoms with van der Waals surface area (Å²) in [4.78, 5) is 23.4. The molecule has 0 saturated heterocycles. The number of benzene rings is 2. The number of ether oxygens (including phenoxy) is 3. The van der Waals surface area contributed by atoms with Gasteiger partial charge in [0.2, 0.25) is 0 Å². The molecule has 2 rings (SSSR count). The lowest BCUT2D eigenvalue weighted by Gasteiger charge is -2.08. The van der Waals surface area contributed by atoms with Gasteiger partial charge in [0, 0.05) is 12.7 Å². The van der Waals surface area contributed by atoms with E-state index >= 15 is 0 Å². The highest BCUT2D eigenvalue weighted by Crippen LogP contribution is 2.21. The average Bonchev–Trinajstić information content (AvgIpc) is 2.66. The number of esters is 1. The Kier molecular flexibility index (Phi) is 7.77. The molecule has 0 bridgehead atoms. The topological polar surface area (TPSA) is 61.8 Å². The largest absolute Gasteiger partial charge is 0.467 e. The van der Waals surface area contributed by atoms with Crippen LogP contribution in [0.25, 0.3) is 12.2 Å². The van der Waals surface area contributed by atoms with Crippen LogP contribution in [0, 0.1) is 6.92 Å². The van der Waals surface area contributed by atoms with Crippen molar-refractivity contribution in [3.8, 4) is 5.75 Å². The van der Waals surface area contributed by atoms with Gasteiger partial charge in [0.05, 0.1) is 6.61 Å². The van der Waals surface area contributed by atoms with Crippen LogP contribution < -0.4 is 4.74 Å². The molecule has 0 atom stereocenters. The second kappa shape index (κ2) is 10.3. The van der Waals surface area contributed by atoms with Gasteiger partial charge in [-0.15, -0.1) is 0 Å². The first-order valence-corrected chi connectivity index (χ1v) is 8.73. The molecular formula is C22H24O5.